The van der Waals surface area contributed by atoms with Crippen LogP contribution in [0.25, 0.3) is 0 Å². The van der Waals surface area contributed by atoms with Crippen LogP contribution in [-0.4, -0.2) is 27.9 Å². The van der Waals surface area contributed by atoms with Crippen molar-refractivity contribution in [3.63, 3.8) is 0 Å². The van der Waals surface area contributed by atoms with Gasteiger partial charge in [0.05, 0.1) is 0 Å². The summed E-state index contributed by atoms with van der Waals surface area (Å²) in [5, 5.41) is 0. The number of unbranched alkanes of at least 4 members (excludes halogenated alkanes) is 1. The summed E-state index contributed by atoms with van der Waals surface area (Å²) in [6.07, 6.45) is 2.09. The lowest BCUT2D eigenvalue weighted by molar-refractivity contribution is 0.0871. The molecule has 1 saturated heterocycles. The van der Waals surface area contributed by atoms with Crippen molar-refractivity contribution in [1.82, 2.24) is 0 Å². The Hall–Kier alpha value is -1.13. The van der Waals surface area contributed by atoms with Crippen molar-refractivity contribution in [1.29, 1.82) is 0 Å². The number of benzene rings is 1. The zero-order valence-corrected chi connectivity index (χ0v) is 11.9. The normalized spacial score (nSPS) is 31.9. The molecule has 2 aliphatic rings. The van der Waals surface area contributed by atoms with E-state index in [0.717, 1.165) is 18.6 Å². The second-order valence-corrected chi connectivity index (χ2v) is 6.43. The molecule has 1 aromatic rings. The van der Waals surface area contributed by atoms with Crippen LogP contribution in [0.2, 0.25) is 0 Å². The fourth-order valence-corrected chi connectivity index (χ4v) is 4.18. The first-order valence-electron chi connectivity index (χ1n) is 6.59. The monoisotopic (exact) mass is 276 g/mol. The number of Topliss-reactive ketones (excluding diaryl/α,β-unsaturated/α-hetero) is 2. The summed E-state index contributed by atoms with van der Waals surface area (Å²) in [5.41, 5.74) is 0.0438. The number of carbonyl (C=O) groups is 2. The van der Waals surface area contributed by atoms with Crippen molar-refractivity contribution < 1.29 is 14.3 Å². The van der Waals surface area contributed by atoms with Crippen LogP contribution in [0.15, 0.2) is 24.3 Å². The Kier molecular flexibility index (Phi) is 2.84. The lowest BCUT2D eigenvalue weighted by atomic mass is 9.82. The third kappa shape index (κ3) is 1.56. The molecule has 2 unspecified atom stereocenters. The molecule has 3 nitrogen and oxygen atoms in total. The van der Waals surface area contributed by atoms with E-state index >= 15 is 0 Å². The number of hydrogen-bond donors (Lipinski definition) is 0. The summed E-state index contributed by atoms with van der Waals surface area (Å²) in [6.45, 7) is 3.84. The molecule has 100 valence electrons. The van der Waals surface area contributed by atoms with E-state index in [1.54, 1.807) is 31.2 Å². The van der Waals surface area contributed by atoms with E-state index in [4.69, 9.17) is 4.74 Å². The van der Waals surface area contributed by atoms with Crippen LogP contribution in [-0.2, 0) is 4.74 Å². The highest BCUT2D eigenvalue weighted by molar-refractivity contribution is 8.01. The smallest absolute Gasteiger partial charge is 0.214 e. The average Bonchev–Trinajstić information content (AvgIpc) is 3.05. The molecule has 0 radical (unpaired) electrons. The molecule has 2 atom stereocenters. The number of rotatable bonds is 4. The fraction of sp³-hybridized carbons (Fsp3) is 0.467. The predicted molar refractivity (Wildman–Crippen MR) is 74.7 cm³/mol. The number of ketones is 2. The van der Waals surface area contributed by atoms with Gasteiger partial charge in [0, 0.05) is 11.1 Å². The number of fused-ring (bicyclic) bond motifs is 2. The Labute approximate surface area is 116 Å². The van der Waals surface area contributed by atoms with E-state index in [0.29, 0.717) is 11.1 Å². The minimum atomic E-state index is -0.965. The Morgan fingerprint density at radius 3 is 2.42 bits per heavy atom. The van der Waals surface area contributed by atoms with Gasteiger partial charge in [-0.15, -0.1) is 11.8 Å². The van der Waals surface area contributed by atoms with Gasteiger partial charge in [-0.3, -0.25) is 9.59 Å². The van der Waals surface area contributed by atoms with Crippen LogP contribution < -0.4 is 0 Å². The third-order valence-corrected chi connectivity index (χ3v) is 5.44. The second-order valence-electron chi connectivity index (χ2n) is 5.16. The zero-order chi connectivity index (χ0) is 13.7. The van der Waals surface area contributed by atoms with E-state index in [1.165, 1.54) is 11.8 Å². The van der Waals surface area contributed by atoms with Gasteiger partial charge in [-0.2, -0.15) is 0 Å². The quantitative estimate of drug-likeness (QED) is 0.626. The van der Waals surface area contributed by atoms with Crippen LogP contribution in [0.5, 0.6) is 0 Å². The highest BCUT2D eigenvalue weighted by atomic mass is 32.2. The predicted octanol–water partition coefficient (Wildman–Crippen LogP) is 3.08. The topological polar surface area (TPSA) is 46.7 Å². The van der Waals surface area contributed by atoms with Crippen molar-refractivity contribution in [2.75, 3.05) is 5.75 Å². The molecule has 1 fully saturated rings. The largest absolute Gasteiger partial charge is 0.334 e. The van der Waals surface area contributed by atoms with Gasteiger partial charge < -0.3 is 4.74 Å². The SMILES string of the molecule is CCCCSC12OC1(C)C(=O)c1ccccc1C2=O. The molecule has 0 N–H and O–H groups in total. The molecule has 1 aromatic carbocycles. The maximum atomic E-state index is 12.6. The Balaban J connectivity index is 1.99. The highest BCUT2D eigenvalue weighted by Crippen LogP contribution is 2.61. The van der Waals surface area contributed by atoms with Crippen molar-refractivity contribution in [3.8, 4) is 0 Å². The molecule has 19 heavy (non-hydrogen) atoms. The van der Waals surface area contributed by atoms with E-state index in [2.05, 4.69) is 6.92 Å². The molecule has 4 heteroatoms. The molecule has 1 aliphatic carbocycles. The van der Waals surface area contributed by atoms with Crippen LogP contribution in [0.4, 0.5) is 0 Å². The van der Waals surface area contributed by atoms with Crippen molar-refractivity contribution >= 4 is 23.3 Å². The average molecular weight is 276 g/mol. The van der Waals surface area contributed by atoms with Crippen LogP contribution in [0, 0.1) is 0 Å². The van der Waals surface area contributed by atoms with Gasteiger partial charge in [-0.05, 0) is 19.1 Å². The minimum Gasteiger partial charge on any atom is -0.334 e. The molecule has 0 aromatic heterocycles. The Morgan fingerprint density at radius 2 is 1.79 bits per heavy atom. The molecule has 3 rings (SSSR count). The Bertz CT molecular complexity index is 568. The first kappa shape index (κ1) is 12.9. The van der Waals surface area contributed by atoms with Gasteiger partial charge in [-0.1, -0.05) is 37.6 Å². The van der Waals surface area contributed by atoms with Gasteiger partial charge in [-0.25, -0.2) is 0 Å². The Morgan fingerprint density at radius 1 is 1.16 bits per heavy atom. The van der Waals surface area contributed by atoms with E-state index in [-0.39, 0.29) is 11.6 Å². The number of thioether (sulfide) groups is 1. The van der Waals surface area contributed by atoms with Crippen molar-refractivity contribution in [2.45, 2.75) is 37.2 Å². The molecule has 1 heterocycles. The first-order valence-corrected chi connectivity index (χ1v) is 7.58. The summed E-state index contributed by atoms with van der Waals surface area (Å²) in [4.78, 5) is 24.1. The summed E-state index contributed by atoms with van der Waals surface area (Å²) in [6, 6.07) is 7.01. The van der Waals surface area contributed by atoms with Crippen molar-refractivity contribution in [2.24, 2.45) is 0 Å². The molecular weight excluding hydrogens is 260 g/mol. The van der Waals surface area contributed by atoms with E-state index in [1.807, 2.05) is 0 Å². The number of epoxide rings is 1. The molecule has 0 saturated carbocycles. The molecule has 0 bridgehead atoms. The van der Waals surface area contributed by atoms with Gasteiger partial charge in [0.15, 0.2) is 11.4 Å². The first-order chi connectivity index (χ1) is 9.07. The third-order valence-electron chi connectivity index (χ3n) is 3.89. The zero-order valence-electron chi connectivity index (χ0n) is 11.1. The maximum Gasteiger partial charge on any atom is 0.214 e. The van der Waals surface area contributed by atoms with Crippen molar-refractivity contribution in [3.05, 3.63) is 35.4 Å². The van der Waals surface area contributed by atoms with Gasteiger partial charge in [0.25, 0.3) is 0 Å². The van der Waals surface area contributed by atoms with Gasteiger partial charge in [0.1, 0.15) is 0 Å². The van der Waals surface area contributed by atoms with Crippen LogP contribution in [0.3, 0.4) is 0 Å². The summed E-state index contributed by atoms with van der Waals surface area (Å²) < 4.78 is 5.67. The molecule has 1 aliphatic heterocycles. The lowest BCUT2D eigenvalue weighted by Gasteiger charge is -2.22. The standard InChI is InChI=1S/C15H16O3S/c1-3-4-9-19-15-13(17)11-8-6-5-7-10(11)12(16)14(15,2)18-15/h5-8H,3-4,9H2,1-2H3. The minimum absolute atomic E-state index is 0.0497. The molecule has 0 spiro atoms. The second kappa shape index (κ2) is 4.18. The van der Waals surface area contributed by atoms with Gasteiger partial charge >= 0.3 is 0 Å². The fourth-order valence-electron chi connectivity index (χ4n) is 2.63. The summed E-state index contributed by atoms with van der Waals surface area (Å²) in [5.74, 6) is 0.728. The summed E-state index contributed by atoms with van der Waals surface area (Å²) >= 11 is 1.48. The number of carbonyl (C=O) groups excluding carboxylic acids is 2. The highest BCUT2D eigenvalue weighted by Gasteiger charge is 2.78. The van der Waals surface area contributed by atoms with E-state index < -0.39 is 10.5 Å². The number of hydrogen-bond acceptors (Lipinski definition) is 4. The van der Waals surface area contributed by atoms with Crippen LogP contribution >= 0.6 is 11.8 Å². The summed E-state index contributed by atoms with van der Waals surface area (Å²) in [7, 11) is 0. The molecule has 0 amide bonds. The van der Waals surface area contributed by atoms with E-state index in [9.17, 15) is 9.59 Å². The maximum absolute atomic E-state index is 12.6. The molecular formula is C15H16O3S. The lowest BCUT2D eigenvalue weighted by Crippen LogP contribution is -2.41. The van der Waals surface area contributed by atoms with Gasteiger partial charge in [0.2, 0.25) is 10.7 Å². The number of ether oxygens (including phenoxy) is 1. The van der Waals surface area contributed by atoms with Crippen LogP contribution in [0.1, 0.15) is 47.4 Å².